The van der Waals surface area contributed by atoms with Crippen molar-refractivity contribution in [2.45, 2.75) is 0 Å². The van der Waals surface area contributed by atoms with E-state index in [9.17, 15) is 10.5 Å². The van der Waals surface area contributed by atoms with Gasteiger partial charge in [-0.25, -0.2) is 0 Å². The predicted molar refractivity (Wildman–Crippen MR) is 9.45 cm³/mol. The van der Waals surface area contributed by atoms with Crippen LogP contribution in [0.25, 0.3) is 0 Å². The first kappa shape index (κ1) is 9.75. The molecule has 0 aliphatic rings. The van der Waals surface area contributed by atoms with Crippen LogP contribution in [0.15, 0.2) is 0 Å². The summed E-state index contributed by atoms with van der Waals surface area (Å²) in [4.78, 5) is 0. The average molecular weight is 184 g/mol. The van der Waals surface area contributed by atoms with Crippen molar-refractivity contribution in [3.63, 3.8) is 0 Å². The summed E-state index contributed by atoms with van der Waals surface area (Å²) < 4.78 is 39.6. The Bertz CT molecular complexity index is 23.0. The van der Waals surface area contributed by atoms with Gasteiger partial charge >= 0.3 is 33.2 Å². The summed E-state index contributed by atoms with van der Waals surface area (Å²) in [6.45, 7) is 0. The van der Waals surface area contributed by atoms with Crippen molar-refractivity contribution < 1.29 is 33.2 Å². The van der Waals surface area contributed by atoms with E-state index >= 15 is 0 Å². The Kier molecular flexibility index (Phi) is 4.37. The molecule has 0 spiro atoms. The van der Waals surface area contributed by atoms with Gasteiger partial charge in [0.15, 0.2) is 0 Å². The standard InChI is InChI=1S/4FH.H3N.Zr/h4*1H;1H3;/q;;;;;+4/p-4. The van der Waals surface area contributed by atoms with Gasteiger partial charge in [0.1, 0.15) is 0 Å². The fourth-order valence-electron chi connectivity index (χ4n) is 0. The van der Waals surface area contributed by atoms with Gasteiger partial charge in [-0.1, -0.05) is 0 Å². The second kappa shape index (κ2) is 2.69. The van der Waals surface area contributed by atoms with Crippen LogP contribution >= 0.6 is 0 Å². The van der Waals surface area contributed by atoms with Crippen LogP contribution in [-0.4, -0.2) is 0 Å². The minimum atomic E-state index is -7.18. The Hall–Kier alpha value is 0.563. The summed E-state index contributed by atoms with van der Waals surface area (Å²) in [5.41, 5.74) is 0. The Balaban J connectivity index is 0. The third-order valence-corrected chi connectivity index (χ3v) is 0. The van der Waals surface area contributed by atoms with Crippen molar-refractivity contribution in [3.8, 4) is 0 Å². The van der Waals surface area contributed by atoms with Crippen molar-refractivity contribution in [2.75, 3.05) is 0 Å². The van der Waals surface area contributed by atoms with Crippen molar-refractivity contribution in [2.24, 2.45) is 0 Å². The summed E-state index contributed by atoms with van der Waals surface area (Å²) in [6.07, 6.45) is 0. The summed E-state index contributed by atoms with van der Waals surface area (Å²) in [6, 6.07) is 0. The van der Waals surface area contributed by atoms with Crippen LogP contribution in [0.1, 0.15) is 0 Å². The monoisotopic (exact) mass is 183 g/mol. The van der Waals surface area contributed by atoms with E-state index in [2.05, 4.69) is 0 Å². The van der Waals surface area contributed by atoms with Crippen LogP contribution in [0.3, 0.4) is 0 Å². The SMILES string of the molecule is N.[F][Zr]([F])([F])[F]. The van der Waals surface area contributed by atoms with Crippen molar-refractivity contribution in [1.29, 1.82) is 0 Å². The third kappa shape index (κ3) is 183. The van der Waals surface area contributed by atoms with Gasteiger partial charge in [0, 0.05) is 0 Å². The molecule has 0 unspecified atom stereocenters. The van der Waals surface area contributed by atoms with Crippen LogP contribution in [0.4, 0.5) is 10.5 Å². The van der Waals surface area contributed by atoms with Crippen molar-refractivity contribution in [1.82, 2.24) is 6.15 Å². The minimum absolute atomic E-state index is 0. The first-order valence-corrected chi connectivity index (χ1v) is 4.47. The van der Waals surface area contributed by atoms with Gasteiger partial charge in [0.2, 0.25) is 0 Å². The maximum atomic E-state index is 9.90. The van der Waals surface area contributed by atoms with Gasteiger partial charge in [-0.3, -0.25) is 0 Å². The number of hydrogen-bond acceptors (Lipinski definition) is 1. The summed E-state index contributed by atoms with van der Waals surface area (Å²) >= 11 is -7.18. The summed E-state index contributed by atoms with van der Waals surface area (Å²) in [7, 11) is 0. The van der Waals surface area contributed by atoms with E-state index in [4.69, 9.17) is 0 Å². The van der Waals surface area contributed by atoms with Crippen LogP contribution in [0.5, 0.6) is 0 Å². The number of hydrogen-bond donors (Lipinski definition) is 1. The van der Waals surface area contributed by atoms with Gasteiger partial charge in [-0.2, -0.15) is 0 Å². The summed E-state index contributed by atoms with van der Waals surface area (Å²) in [5.74, 6) is 0. The second-order valence-electron chi connectivity index (χ2n) is 0.429. The molecule has 1 nitrogen and oxygen atoms in total. The number of halogens is 4. The Labute approximate surface area is 39.9 Å². The number of rotatable bonds is 0. The summed E-state index contributed by atoms with van der Waals surface area (Å²) in [5, 5.41) is 0. The molecule has 0 saturated heterocycles. The Morgan fingerprint density at radius 3 is 0.833 bits per heavy atom. The predicted octanol–water partition coefficient (Wildman–Crippen LogP) is 1.84. The second-order valence-corrected chi connectivity index (χ2v) is 2.54. The zero-order valence-electron chi connectivity index (χ0n) is 2.72. The average Bonchev–Trinajstić information content (AvgIpc) is 0.722. The third-order valence-electron chi connectivity index (χ3n) is 0. The quantitative estimate of drug-likeness (QED) is 0.573. The molecule has 0 aromatic carbocycles. The molecule has 40 valence electrons. The van der Waals surface area contributed by atoms with Gasteiger partial charge in [0.25, 0.3) is 0 Å². The molecule has 0 atom stereocenters. The molecular formula is H3F4NZr. The molecule has 0 aliphatic heterocycles. The molecule has 3 N–H and O–H groups in total. The molecule has 0 aliphatic carbocycles. The molecule has 6 heavy (non-hydrogen) atoms. The Morgan fingerprint density at radius 1 is 0.833 bits per heavy atom. The van der Waals surface area contributed by atoms with Crippen LogP contribution in [0, 0.1) is 0 Å². The van der Waals surface area contributed by atoms with Crippen LogP contribution < -0.4 is 6.15 Å². The molecule has 0 aromatic rings. The van der Waals surface area contributed by atoms with Gasteiger partial charge in [-0.15, -0.1) is 0 Å². The van der Waals surface area contributed by atoms with E-state index in [1.165, 1.54) is 0 Å². The van der Waals surface area contributed by atoms with E-state index in [1.54, 1.807) is 0 Å². The Morgan fingerprint density at radius 2 is 0.833 bits per heavy atom. The van der Waals surface area contributed by atoms with E-state index in [0.717, 1.165) is 0 Å². The van der Waals surface area contributed by atoms with Crippen LogP contribution in [-0.2, 0) is 22.7 Å². The fraction of sp³-hybridized carbons (Fsp3) is 0. The maximum absolute atomic E-state index is 9.90. The molecule has 0 saturated carbocycles. The van der Waals surface area contributed by atoms with E-state index < -0.39 is 22.7 Å². The zero-order valence-corrected chi connectivity index (χ0v) is 5.18. The molecule has 0 heterocycles. The van der Waals surface area contributed by atoms with E-state index in [-0.39, 0.29) is 6.15 Å². The molecular weight excluding hydrogens is 181 g/mol. The fourth-order valence-corrected chi connectivity index (χ4v) is 0. The van der Waals surface area contributed by atoms with Gasteiger partial charge in [-0.05, 0) is 0 Å². The van der Waals surface area contributed by atoms with E-state index in [1.807, 2.05) is 0 Å². The molecule has 6 heteroatoms. The van der Waals surface area contributed by atoms with Crippen LogP contribution in [0.2, 0.25) is 0 Å². The topological polar surface area (TPSA) is 35.0 Å². The molecule has 0 rings (SSSR count). The first-order chi connectivity index (χ1) is 2.00. The molecule has 0 fully saturated rings. The van der Waals surface area contributed by atoms with Crippen molar-refractivity contribution in [3.05, 3.63) is 0 Å². The molecule has 0 bridgehead atoms. The van der Waals surface area contributed by atoms with Gasteiger partial charge < -0.3 is 6.15 Å². The molecule has 0 aromatic heterocycles. The molecule has 0 radical (unpaired) electrons. The normalized spacial score (nSPS) is 10.0. The van der Waals surface area contributed by atoms with Crippen molar-refractivity contribution >= 4 is 0 Å². The van der Waals surface area contributed by atoms with Gasteiger partial charge in [0.05, 0.1) is 0 Å². The van der Waals surface area contributed by atoms with E-state index in [0.29, 0.717) is 0 Å². The molecule has 0 amide bonds. The first-order valence-electron chi connectivity index (χ1n) is 0.756. The zero-order chi connectivity index (χ0) is 4.50.